The van der Waals surface area contributed by atoms with Gasteiger partial charge < -0.3 is 4.90 Å². The Balaban J connectivity index is 1.37. The number of hydrogen-bond acceptors (Lipinski definition) is 3. The van der Waals surface area contributed by atoms with E-state index in [0.717, 1.165) is 47.7 Å². The van der Waals surface area contributed by atoms with Crippen molar-refractivity contribution in [1.82, 2.24) is 19.6 Å². The minimum Gasteiger partial charge on any atom is -0.336 e. The molecular weight excluding hydrogens is 431 g/mol. The number of aromatic nitrogens is 2. The van der Waals surface area contributed by atoms with Crippen LogP contribution in [0.4, 0.5) is 0 Å². The lowest BCUT2D eigenvalue weighted by molar-refractivity contribution is 0.0628. The molecule has 7 heteroatoms. The standard InChI is InChI=1S/C24H26Cl2N4O/c1-17-12-18(2)30(27-17)15-19-4-3-5-20(13-19)24(31)29-10-8-28(9-11-29)16-21-6-7-22(25)14-23(21)26/h3-7,12-14H,8-11,15-16H2,1-2H3. The molecular formula is C24H26Cl2N4O. The average Bonchev–Trinajstić information content (AvgIpc) is 3.07. The van der Waals surface area contributed by atoms with Crippen LogP contribution in [0, 0.1) is 13.8 Å². The molecule has 2 heterocycles. The predicted molar refractivity (Wildman–Crippen MR) is 125 cm³/mol. The third-order valence-electron chi connectivity index (χ3n) is 5.68. The van der Waals surface area contributed by atoms with Crippen LogP contribution in [0.3, 0.4) is 0 Å². The summed E-state index contributed by atoms with van der Waals surface area (Å²) in [5, 5.41) is 5.85. The van der Waals surface area contributed by atoms with Crippen molar-refractivity contribution in [2.45, 2.75) is 26.9 Å². The Morgan fingerprint density at radius 3 is 2.42 bits per heavy atom. The summed E-state index contributed by atoms with van der Waals surface area (Å²) in [6.07, 6.45) is 0. The van der Waals surface area contributed by atoms with Crippen molar-refractivity contribution in [3.63, 3.8) is 0 Å². The third-order valence-corrected chi connectivity index (χ3v) is 6.27. The highest BCUT2D eigenvalue weighted by molar-refractivity contribution is 6.35. The van der Waals surface area contributed by atoms with Gasteiger partial charge in [0.15, 0.2) is 0 Å². The minimum absolute atomic E-state index is 0.0828. The van der Waals surface area contributed by atoms with Gasteiger partial charge in [-0.15, -0.1) is 0 Å². The molecule has 0 atom stereocenters. The van der Waals surface area contributed by atoms with Crippen molar-refractivity contribution in [2.24, 2.45) is 0 Å². The van der Waals surface area contributed by atoms with Gasteiger partial charge in [-0.1, -0.05) is 41.4 Å². The van der Waals surface area contributed by atoms with Crippen molar-refractivity contribution < 1.29 is 4.79 Å². The molecule has 0 spiro atoms. The fourth-order valence-corrected chi connectivity index (χ4v) is 4.46. The molecule has 0 saturated carbocycles. The monoisotopic (exact) mass is 456 g/mol. The van der Waals surface area contributed by atoms with Gasteiger partial charge in [0, 0.05) is 54.0 Å². The van der Waals surface area contributed by atoms with Crippen LogP contribution in [-0.4, -0.2) is 51.7 Å². The highest BCUT2D eigenvalue weighted by atomic mass is 35.5. The van der Waals surface area contributed by atoms with E-state index in [-0.39, 0.29) is 5.91 Å². The molecule has 4 rings (SSSR count). The Morgan fingerprint density at radius 2 is 1.74 bits per heavy atom. The molecule has 1 saturated heterocycles. The van der Waals surface area contributed by atoms with Crippen LogP contribution >= 0.6 is 23.2 Å². The maximum atomic E-state index is 13.1. The molecule has 1 aliphatic heterocycles. The largest absolute Gasteiger partial charge is 0.336 e. The normalized spacial score (nSPS) is 14.8. The van der Waals surface area contributed by atoms with Crippen LogP contribution in [0.1, 0.15) is 32.9 Å². The van der Waals surface area contributed by atoms with Crippen molar-refractivity contribution >= 4 is 29.1 Å². The zero-order chi connectivity index (χ0) is 22.0. The summed E-state index contributed by atoms with van der Waals surface area (Å²) < 4.78 is 1.97. The Morgan fingerprint density at radius 1 is 0.968 bits per heavy atom. The number of aryl methyl sites for hydroxylation is 2. The second-order valence-electron chi connectivity index (χ2n) is 8.09. The maximum Gasteiger partial charge on any atom is 0.253 e. The number of carbonyl (C=O) groups is 1. The van der Waals surface area contributed by atoms with E-state index in [4.69, 9.17) is 23.2 Å². The van der Waals surface area contributed by atoms with Crippen LogP contribution in [-0.2, 0) is 13.1 Å². The van der Waals surface area contributed by atoms with Crippen molar-refractivity contribution in [3.05, 3.63) is 86.7 Å². The van der Waals surface area contributed by atoms with Gasteiger partial charge in [0.2, 0.25) is 0 Å². The fourth-order valence-electron chi connectivity index (χ4n) is 3.99. The topological polar surface area (TPSA) is 41.4 Å². The van der Waals surface area contributed by atoms with E-state index in [9.17, 15) is 4.79 Å². The lowest BCUT2D eigenvalue weighted by Crippen LogP contribution is -2.48. The smallest absolute Gasteiger partial charge is 0.253 e. The van der Waals surface area contributed by atoms with Crippen LogP contribution < -0.4 is 0 Å². The summed E-state index contributed by atoms with van der Waals surface area (Å²) in [7, 11) is 0. The lowest BCUT2D eigenvalue weighted by atomic mass is 10.1. The van der Waals surface area contributed by atoms with Gasteiger partial charge >= 0.3 is 0 Å². The predicted octanol–water partition coefficient (Wildman–Crippen LogP) is 4.81. The second kappa shape index (κ2) is 9.43. The van der Waals surface area contributed by atoms with E-state index in [2.05, 4.69) is 16.1 Å². The highest BCUT2D eigenvalue weighted by Crippen LogP contribution is 2.23. The van der Waals surface area contributed by atoms with Gasteiger partial charge in [-0.3, -0.25) is 14.4 Å². The SMILES string of the molecule is Cc1cc(C)n(Cc2cccc(C(=O)N3CCN(Cc4ccc(Cl)cc4Cl)CC3)c2)n1. The number of hydrogen-bond donors (Lipinski definition) is 0. The van der Waals surface area contributed by atoms with Crippen LogP contribution in [0.15, 0.2) is 48.5 Å². The van der Waals surface area contributed by atoms with Crippen LogP contribution in [0.25, 0.3) is 0 Å². The van der Waals surface area contributed by atoms with Crippen molar-refractivity contribution in [2.75, 3.05) is 26.2 Å². The summed E-state index contributed by atoms with van der Waals surface area (Å²) in [6, 6.07) is 15.5. The Bertz CT molecular complexity index is 1090. The first-order valence-corrected chi connectivity index (χ1v) is 11.2. The first-order chi connectivity index (χ1) is 14.9. The average molecular weight is 457 g/mol. The summed E-state index contributed by atoms with van der Waals surface area (Å²) in [4.78, 5) is 17.3. The zero-order valence-electron chi connectivity index (χ0n) is 17.8. The lowest BCUT2D eigenvalue weighted by Gasteiger charge is -2.35. The van der Waals surface area contributed by atoms with Gasteiger partial charge in [0.25, 0.3) is 5.91 Å². The third kappa shape index (κ3) is 5.29. The fraction of sp³-hybridized carbons (Fsp3) is 0.333. The number of halogens is 2. The second-order valence-corrected chi connectivity index (χ2v) is 8.93. The van der Waals surface area contributed by atoms with Crippen LogP contribution in [0.2, 0.25) is 10.0 Å². The van der Waals surface area contributed by atoms with E-state index in [0.29, 0.717) is 29.7 Å². The van der Waals surface area contributed by atoms with E-state index < -0.39 is 0 Å². The molecule has 2 aromatic carbocycles. The quantitative estimate of drug-likeness (QED) is 0.552. The van der Waals surface area contributed by atoms with Crippen molar-refractivity contribution in [3.8, 4) is 0 Å². The van der Waals surface area contributed by atoms with Crippen molar-refractivity contribution in [1.29, 1.82) is 0 Å². The first kappa shape index (κ1) is 21.9. The number of nitrogens with zero attached hydrogens (tertiary/aromatic N) is 4. The first-order valence-electron chi connectivity index (χ1n) is 10.4. The molecule has 0 N–H and O–H groups in total. The van der Waals surface area contributed by atoms with E-state index in [1.54, 1.807) is 6.07 Å². The Kier molecular flexibility index (Phi) is 6.65. The summed E-state index contributed by atoms with van der Waals surface area (Å²) in [6.45, 7) is 8.49. The molecule has 5 nitrogen and oxygen atoms in total. The van der Waals surface area contributed by atoms with Crippen LogP contribution in [0.5, 0.6) is 0 Å². The number of rotatable bonds is 5. The van der Waals surface area contributed by atoms with Gasteiger partial charge in [0.1, 0.15) is 0 Å². The molecule has 31 heavy (non-hydrogen) atoms. The highest BCUT2D eigenvalue weighted by Gasteiger charge is 2.23. The molecule has 0 unspecified atom stereocenters. The molecule has 1 amide bonds. The zero-order valence-corrected chi connectivity index (χ0v) is 19.3. The summed E-state index contributed by atoms with van der Waals surface area (Å²) in [5.74, 6) is 0.0828. The van der Waals surface area contributed by atoms with Gasteiger partial charge in [-0.25, -0.2) is 0 Å². The number of amides is 1. The molecule has 0 radical (unpaired) electrons. The van der Waals surface area contributed by atoms with Gasteiger partial charge in [-0.05, 0) is 55.3 Å². The minimum atomic E-state index is 0.0828. The van der Waals surface area contributed by atoms with Gasteiger partial charge in [-0.2, -0.15) is 5.10 Å². The Hall–Kier alpha value is -2.34. The molecule has 1 fully saturated rings. The van der Waals surface area contributed by atoms with E-state index in [1.165, 1.54) is 0 Å². The number of carbonyl (C=O) groups excluding carboxylic acids is 1. The maximum absolute atomic E-state index is 13.1. The molecule has 0 aliphatic carbocycles. The number of piperazine rings is 1. The number of benzene rings is 2. The summed E-state index contributed by atoms with van der Waals surface area (Å²) in [5.41, 5.74) is 4.98. The molecule has 1 aromatic heterocycles. The van der Waals surface area contributed by atoms with E-state index in [1.807, 2.05) is 59.8 Å². The summed E-state index contributed by atoms with van der Waals surface area (Å²) >= 11 is 12.3. The molecule has 0 bridgehead atoms. The van der Waals surface area contributed by atoms with E-state index >= 15 is 0 Å². The van der Waals surface area contributed by atoms with Gasteiger partial charge in [0.05, 0.1) is 12.2 Å². The molecule has 1 aliphatic rings. The Labute approximate surface area is 193 Å². The molecule has 162 valence electrons. The molecule has 3 aromatic rings.